The van der Waals surface area contributed by atoms with Gasteiger partial charge in [-0.2, -0.15) is 0 Å². The first-order valence-electron chi connectivity index (χ1n) is 7.26. The van der Waals surface area contributed by atoms with E-state index in [2.05, 4.69) is 48.5 Å². The van der Waals surface area contributed by atoms with Crippen molar-refractivity contribution in [2.45, 2.75) is 6.92 Å². The third-order valence-corrected chi connectivity index (χ3v) is 3.08. The third-order valence-electron chi connectivity index (χ3n) is 3.08. The van der Waals surface area contributed by atoms with E-state index < -0.39 is 7.25 Å². The standard InChI is InChI=1S/C18H15O.BF4/c1-14-12-17(15-8-4-2-5-9-15)13-18(19-14)16-10-6-3-7-11-16;2-1(3,4)5/h2-13H,1H3;/q+1;-1. The van der Waals surface area contributed by atoms with E-state index in [0.29, 0.717) is 0 Å². The maximum Gasteiger partial charge on any atom is 0.673 e. The van der Waals surface area contributed by atoms with Gasteiger partial charge >= 0.3 is 18.8 Å². The van der Waals surface area contributed by atoms with Gasteiger partial charge in [0.05, 0.1) is 18.6 Å². The average molecular weight is 334 g/mol. The van der Waals surface area contributed by atoms with Crippen molar-refractivity contribution in [3.05, 3.63) is 78.6 Å². The quantitative estimate of drug-likeness (QED) is 0.296. The predicted octanol–water partition coefficient (Wildman–Crippen LogP) is 6.50. The summed E-state index contributed by atoms with van der Waals surface area (Å²) in [4.78, 5) is 0. The molecule has 124 valence electrons. The van der Waals surface area contributed by atoms with E-state index in [0.717, 1.165) is 17.1 Å². The minimum atomic E-state index is -6.00. The molecule has 6 heteroatoms. The van der Waals surface area contributed by atoms with Crippen LogP contribution < -0.4 is 0 Å². The Morgan fingerprint density at radius 2 is 1.12 bits per heavy atom. The molecule has 2 aromatic carbocycles. The van der Waals surface area contributed by atoms with Crippen LogP contribution in [-0.2, 0) is 0 Å². The van der Waals surface area contributed by atoms with Gasteiger partial charge in [-0.3, -0.25) is 0 Å². The van der Waals surface area contributed by atoms with Crippen LogP contribution in [0.1, 0.15) is 5.76 Å². The minimum Gasteiger partial charge on any atom is -0.418 e. The van der Waals surface area contributed by atoms with Crippen LogP contribution in [0.3, 0.4) is 0 Å². The smallest absolute Gasteiger partial charge is 0.418 e. The Hall–Kier alpha value is -2.63. The van der Waals surface area contributed by atoms with Crippen LogP contribution in [0, 0.1) is 6.92 Å². The third kappa shape index (κ3) is 5.87. The molecule has 0 aliphatic carbocycles. The van der Waals surface area contributed by atoms with Gasteiger partial charge in [0.1, 0.15) is 0 Å². The van der Waals surface area contributed by atoms with E-state index >= 15 is 0 Å². The van der Waals surface area contributed by atoms with E-state index in [1.807, 2.05) is 31.2 Å². The maximum absolute atomic E-state index is 9.75. The van der Waals surface area contributed by atoms with Gasteiger partial charge in [-0.25, -0.2) is 4.42 Å². The Labute approximate surface area is 137 Å². The second-order valence-electron chi connectivity index (χ2n) is 5.05. The Balaban J connectivity index is 0.000000368. The molecule has 1 aromatic heterocycles. The van der Waals surface area contributed by atoms with Gasteiger partial charge in [-0.15, -0.1) is 0 Å². The number of hydrogen-bond donors (Lipinski definition) is 0. The summed E-state index contributed by atoms with van der Waals surface area (Å²) in [6, 6.07) is 24.7. The number of rotatable bonds is 2. The summed E-state index contributed by atoms with van der Waals surface area (Å²) in [5.74, 6) is 1.82. The van der Waals surface area contributed by atoms with E-state index in [-0.39, 0.29) is 0 Å². The SMILES string of the molecule is Cc1cc(-c2ccccc2)cc(-c2ccccc2)[o+]1.F[B-](F)(F)F. The molecule has 0 saturated carbocycles. The zero-order valence-corrected chi connectivity index (χ0v) is 12.9. The van der Waals surface area contributed by atoms with Crippen LogP contribution in [0.4, 0.5) is 17.3 Å². The highest BCUT2D eigenvalue weighted by molar-refractivity contribution is 6.50. The lowest BCUT2D eigenvalue weighted by atomic mass is 10.0. The Morgan fingerprint density at radius 1 is 0.667 bits per heavy atom. The minimum absolute atomic E-state index is 0.902. The van der Waals surface area contributed by atoms with Crippen molar-refractivity contribution < 1.29 is 21.7 Å². The first-order chi connectivity index (χ1) is 11.3. The molecule has 0 radical (unpaired) electrons. The van der Waals surface area contributed by atoms with Crippen LogP contribution in [0.15, 0.2) is 77.2 Å². The second kappa shape index (κ2) is 7.77. The molecule has 0 fully saturated rings. The number of halogens is 4. The largest absolute Gasteiger partial charge is 0.673 e. The lowest BCUT2D eigenvalue weighted by Gasteiger charge is -2.00. The van der Waals surface area contributed by atoms with E-state index in [1.165, 1.54) is 11.1 Å². The van der Waals surface area contributed by atoms with Gasteiger partial charge in [0.25, 0.3) is 0 Å². The highest BCUT2D eigenvalue weighted by Crippen LogP contribution is 2.27. The van der Waals surface area contributed by atoms with E-state index in [9.17, 15) is 17.3 Å². The molecule has 0 amide bonds. The van der Waals surface area contributed by atoms with Crippen molar-refractivity contribution in [3.63, 3.8) is 0 Å². The van der Waals surface area contributed by atoms with Gasteiger partial charge in [0, 0.05) is 11.6 Å². The van der Waals surface area contributed by atoms with Crippen LogP contribution in [0.5, 0.6) is 0 Å². The predicted molar refractivity (Wildman–Crippen MR) is 88.9 cm³/mol. The molecule has 0 aliphatic heterocycles. The van der Waals surface area contributed by atoms with Crippen molar-refractivity contribution in [1.29, 1.82) is 0 Å². The number of hydrogen-bond acceptors (Lipinski definition) is 0. The number of aryl methyl sites for hydroxylation is 1. The molecule has 0 saturated heterocycles. The maximum atomic E-state index is 9.75. The Kier molecular flexibility index (Phi) is 5.74. The zero-order chi connectivity index (χ0) is 17.6. The normalized spacial score (nSPS) is 10.7. The monoisotopic (exact) mass is 334 g/mol. The molecule has 3 rings (SSSR count). The van der Waals surface area contributed by atoms with Crippen molar-refractivity contribution in [2.75, 3.05) is 0 Å². The van der Waals surface area contributed by atoms with Crippen LogP contribution in [-0.4, -0.2) is 7.25 Å². The van der Waals surface area contributed by atoms with Crippen molar-refractivity contribution in [1.82, 2.24) is 0 Å². The van der Waals surface area contributed by atoms with Crippen LogP contribution in [0.2, 0.25) is 0 Å². The van der Waals surface area contributed by atoms with Gasteiger partial charge in [0.15, 0.2) is 0 Å². The van der Waals surface area contributed by atoms with E-state index in [4.69, 9.17) is 4.42 Å². The lowest BCUT2D eigenvalue weighted by molar-refractivity contribution is 0.368. The van der Waals surface area contributed by atoms with Gasteiger partial charge in [-0.05, 0) is 17.7 Å². The second-order valence-corrected chi connectivity index (χ2v) is 5.05. The van der Waals surface area contributed by atoms with Crippen molar-refractivity contribution >= 4 is 7.25 Å². The fourth-order valence-corrected chi connectivity index (χ4v) is 2.18. The molecule has 0 bridgehead atoms. The highest BCUT2D eigenvalue weighted by atomic mass is 19.5. The molecule has 0 aliphatic rings. The molecule has 1 nitrogen and oxygen atoms in total. The summed E-state index contributed by atoms with van der Waals surface area (Å²) >= 11 is 0. The van der Waals surface area contributed by atoms with E-state index in [1.54, 1.807) is 0 Å². The Bertz CT molecular complexity index is 710. The molecule has 0 spiro atoms. The van der Waals surface area contributed by atoms with Gasteiger partial charge < -0.3 is 17.3 Å². The summed E-state index contributed by atoms with van der Waals surface area (Å²) in [5.41, 5.74) is 3.49. The summed E-state index contributed by atoms with van der Waals surface area (Å²) in [5, 5.41) is 0. The highest BCUT2D eigenvalue weighted by Gasteiger charge is 2.20. The summed E-state index contributed by atoms with van der Waals surface area (Å²) in [6.45, 7) is 1.98. The molecule has 0 atom stereocenters. The first kappa shape index (κ1) is 17.7. The zero-order valence-electron chi connectivity index (χ0n) is 12.9. The first-order valence-corrected chi connectivity index (χ1v) is 7.26. The summed E-state index contributed by atoms with van der Waals surface area (Å²) < 4.78 is 44.8. The molecule has 0 unspecified atom stereocenters. The van der Waals surface area contributed by atoms with Crippen LogP contribution in [0.25, 0.3) is 22.5 Å². The summed E-state index contributed by atoms with van der Waals surface area (Å²) in [6.07, 6.45) is 0. The molecular formula is C18H15BF4O. The molecule has 3 aromatic rings. The molecule has 1 heterocycles. The molecular weight excluding hydrogens is 319 g/mol. The lowest BCUT2D eigenvalue weighted by Crippen LogP contribution is -2.02. The van der Waals surface area contributed by atoms with Crippen molar-refractivity contribution in [2.24, 2.45) is 0 Å². The molecule has 0 N–H and O–H groups in total. The average Bonchev–Trinajstić information content (AvgIpc) is 2.54. The molecule has 24 heavy (non-hydrogen) atoms. The van der Waals surface area contributed by atoms with Gasteiger partial charge in [0.2, 0.25) is 0 Å². The van der Waals surface area contributed by atoms with Crippen LogP contribution >= 0.6 is 0 Å². The fraction of sp³-hybridized carbons (Fsp3) is 0.0556. The Morgan fingerprint density at radius 3 is 1.62 bits per heavy atom. The fourth-order valence-electron chi connectivity index (χ4n) is 2.18. The van der Waals surface area contributed by atoms with Crippen molar-refractivity contribution in [3.8, 4) is 22.5 Å². The number of benzene rings is 2. The van der Waals surface area contributed by atoms with Gasteiger partial charge in [-0.1, -0.05) is 48.5 Å². The topological polar surface area (TPSA) is 11.3 Å². The summed E-state index contributed by atoms with van der Waals surface area (Å²) in [7, 11) is -6.00.